The number of hydrogen-bond donors (Lipinski definition) is 2. The normalized spacial score (nSPS) is 16.2. The molecule has 1 unspecified atom stereocenters. The van der Waals surface area contributed by atoms with Crippen molar-refractivity contribution in [2.24, 2.45) is 5.92 Å². The molecule has 1 fully saturated rings. The number of nitrogens with one attached hydrogen (secondary N) is 1. The summed E-state index contributed by atoms with van der Waals surface area (Å²) >= 11 is 0. The molecule has 8 heteroatoms. The predicted molar refractivity (Wildman–Crippen MR) is 105 cm³/mol. The van der Waals surface area contributed by atoms with Crippen LogP contribution in [0.25, 0.3) is 0 Å². The van der Waals surface area contributed by atoms with Crippen molar-refractivity contribution in [3.05, 3.63) is 24.0 Å². The van der Waals surface area contributed by atoms with Crippen LogP contribution in [0.5, 0.6) is 0 Å². The maximum atomic E-state index is 11.3. The maximum Gasteiger partial charge on any atom is 0.304 e. The van der Waals surface area contributed by atoms with E-state index in [1.807, 2.05) is 17.7 Å². The molecular formula is C20H31N5O3. The fraction of sp³-hybridized carbons (Fsp3) is 0.700. The molecule has 1 aliphatic rings. The highest BCUT2D eigenvalue weighted by Crippen LogP contribution is 2.31. The van der Waals surface area contributed by atoms with Gasteiger partial charge in [-0.1, -0.05) is 50.1 Å². The molecule has 1 saturated carbocycles. The van der Waals surface area contributed by atoms with Gasteiger partial charge < -0.3 is 14.9 Å². The highest BCUT2D eigenvalue weighted by molar-refractivity contribution is 5.67. The highest BCUT2D eigenvalue weighted by Gasteiger charge is 2.23. The number of anilines is 1. The Labute approximate surface area is 165 Å². The van der Waals surface area contributed by atoms with Gasteiger partial charge in [-0.2, -0.15) is 10.1 Å². The van der Waals surface area contributed by atoms with E-state index in [1.165, 1.54) is 38.5 Å². The lowest BCUT2D eigenvalue weighted by Crippen LogP contribution is -2.10. The third kappa shape index (κ3) is 5.81. The lowest BCUT2D eigenvalue weighted by molar-refractivity contribution is -0.137. The number of aryl methyl sites for hydroxylation is 1. The van der Waals surface area contributed by atoms with E-state index in [0.717, 1.165) is 31.1 Å². The Balaban J connectivity index is 1.53. The second-order valence-electron chi connectivity index (χ2n) is 7.66. The minimum atomic E-state index is -0.826. The van der Waals surface area contributed by atoms with Crippen molar-refractivity contribution < 1.29 is 14.4 Å². The molecule has 2 N–H and O–H groups in total. The van der Waals surface area contributed by atoms with Gasteiger partial charge in [0.05, 0.1) is 19.2 Å². The number of aromatic nitrogens is 4. The van der Waals surface area contributed by atoms with Gasteiger partial charge in [0, 0.05) is 18.5 Å². The van der Waals surface area contributed by atoms with Crippen LogP contribution in [0.2, 0.25) is 0 Å². The summed E-state index contributed by atoms with van der Waals surface area (Å²) < 4.78 is 7.26. The summed E-state index contributed by atoms with van der Waals surface area (Å²) in [6, 6.07) is 1.89. The molecule has 0 aliphatic heterocycles. The fourth-order valence-corrected chi connectivity index (χ4v) is 4.06. The van der Waals surface area contributed by atoms with Crippen LogP contribution >= 0.6 is 0 Å². The van der Waals surface area contributed by atoms with Crippen molar-refractivity contribution in [3.8, 4) is 0 Å². The number of aliphatic carboxylic acids is 1. The lowest BCUT2D eigenvalue weighted by atomic mass is 9.84. The number of rotatable bonds is 11. The van der Waals surface area contributed by atoms with Crippen molar-refractivity contribution in [1.29, 1.82) is 0 Å². The van der Waals surface area contributed by atoms with Gasteiger partial charge in [0.1, 0.15) is 5.82 Å². The second kappa shape index (κ2) is 10.2. The van der Waals surface area contributed by atoms with Gasteiger partial charge in [0.2, 0.25) is 5.89 Å². The summed E-state index contributed by atoms with van der Waals surface area (Å²) in [5.41, 5.74) is 0. The van der Waals surface area contributed by atoms with Gasteiger partial charge in [-0.3, -0.25) is 9.48 Å². The van der Waals surface area contributed by atoms with Crippen molar-refractivity contribution in [3.63, 3.8) is 0 Å². The highest BCUT2D eigenvalue weighted by atomic mass is 16.5. The Morgan fingerprint density at radius 2 is 2.21 bits per heavy atom. The second-order valence-corrected chi connectivity index (χ2v) is 7.66. The lowest BCUT2D eigenvalue weighted by Gasteiger charge is -2.21. The molecule has 0 saturated heterocycles. The monoisotopic (exact) mass is 389 g/mol. The van der Waals surface area contributed by atoms with Crippen LogP contribution in [-0.2, 0) is 17.9 Å². The van der Waals surface area contributed by atoms with Gasteiger partial charge in [0.15, 0.2) is 5.82 Å². The summed E-state index contributed by atoms with van der Waals surface area (Å²) in [5.74, 6) is 1.61. The minimum absolute atomic E-state index is 0.0301. The standard InChI is InChI=1S/C20H31N5O3/c1-2-25-18(11-12-22-25)21-14-17-23-20(28-24-17)16(13-19(26)27)10-6-9-15-7-4-3-5-8-15/h11-12,15-16,21H,2-10,13-14H2,1H3,(H,26,27). The summed E-state index contributed by atoms with van der Waals surface area (Å²) in [7, 11) is 0. The van der Waals surface area contributed by atoms with Gasteiger partial charge >= 0.3 is 5.97 Å². The first-order valence-electron chi connectivity index (χ1n) is 10.5. The molecule has 0 aromatic carbocycles. The molecule has 1 atom stereocenters. The van der Waals surface area contributed by atoms with E-state index >= 15 is 0 Å². The van der Waals surface area contributed by atoms with Crippen molar-refractivity contribution in [2.45, 2.75) is 83.7 Å². The van der Waals surface area contributed by atoms with Crippen LogP contribution in [0.3, 0.4) is 0 Å². The first-order valence-corrected chi connectivity index (χ1v) is 10.5. The molecule has 2 aromatic rings. The van der Waals surface area contributed by atoms with Crippen LogP contribution in [-0.4, -0.2) is 31.0 Å². The van der Waals surface area contributed by atoms with Crippen LogP contribution in [0, 0.1) is 5.92 Å². The third-order valence-corrected chi connectivity index (χ3v) is 5.59. The van der Waals surface area contributed by atoms with E-state index < -0.39 is 5.97 Å². The van der Waals surface area contributed by atoms with E-state index in [0.29, 0.717) is 18.3 Å². The number of carboxylic acids is 1. The van der Waals surface area contributed by atoms with Crippen LogP contribution in [0.15, 0.2) is 16.8 Å². The third-order valence-electron chi connectivity index (χ3n) is 5.59. The van der Waals surface area contributed by atoms with Crippen LogP contribution in [0.1, 0.15) is 82.3 Å². The predicted octanol–water partition coefficient (Wildman–Crippen LogP) is 4.21. The largest absolute Gasteiger partial charge is 0.481 e. The summed E-state index contributed by atoms with van der Waals surface area (Å²) in [6.45, 7) is 3.21. The summed E-state index contributed by atoms with van der Waals surface area (Å²) in [4.78, 5) is 15.7. The zero-order chi connectivity index (χ0) is 19.8. The van der Waals surface area contributed by atoms with E-state index in [1.54, 1.807) is 6.20 Å². The number of hydrogen-bond acceptors (Lipinski definition) is 6. The van der Waals surface area contributed by atoms with E-state index in [9.17, 15) is 9.90 Å². The van der Waals surface area contributed by atoms with Crippen molar-refractivity contribution >= 4 is 11.8 Å². The summed E-state index contributed by atoms with van der Waals surface area (Å²) in [6.07, 6.45) is 11.4. The zero-order valence-electron chi connectivity index (χ0n) is 16.6. The van der Waals surface area contributed by atoms with Gasteiger partial charge in [0.25, 0.3) is 0 Å². The minimum Gasteiger partial charge on any atom is -0.481 e. The summed E-state index contributed by atoms with van der Waals surface area (Å²) in [5, 5.41) is 20.7. The Morgan fingerprint density at radius 3 is 2.96 bits per heavy atom. The zero-order valence-corrected chi connectivity index (χ0v) is 16.6. The molecule has 0 radical (unpaired) electrons. The average Bonchev–Trinajstić information content (AvgIpc) is 3.35. The number of carbonyl (C=O) groups is 1. The number of carboxylic acid groups (broad SMARTS) is 1. The molecule has 0 spiro atoms. The quantitative estimate of drug-likeness (QED) is 0.593. The van der Waals surface area contributed by atoms with Gasteiger partial charge in [-0.05, 0) is 19.3 Å². The Bertz CT molecular complexity index is 736. The smallest absolute Gasteiger partial charge is 0.304 e. The van der Waals surface area contributed by atoms with E-state index in [-0.39, 0.29) is 12.3 Å². The Morgan fingerprint density at radius 1 is 1.39 bits per heavy atom. The fourth-order valence-electron chi connectivity index (χ4n) is 4.06. The van der Waals surface area contributed by atoms with Gasteiger partial charge in [-0.15, -0.1) is 0 Å². The molecule has 1 aliphatic carbocycles. The molecule has 0 amide bonds. The molecule has 3 rings (SSSR count). The maximum absolute atomic E-state index is 11.3. The Kier molecular flexibility index (Phi) is 7.45. The van der Waals surface area contributed by atoms with E-state index in [4.69, 9.17) is 4.52 Å². The Hall–Kier alpha value is -2.38. The molecule has 2 aromatic heterocycles. The first kappa shape index (κ1) is 20.4. The molecule has 0 bridgehead atoms. The van der Waals surface area contributed by atoms with Crippen molar-refractivity contribution in [1.82, 2.24) is 19.9 Å². The average molecular weight is 390 g/mol. The molecular weight excluding hydrogens is 358 g/mol. The van der Waals surface area contributed by atoms with Gasteiger partial charge in [-0.25, -0.2) is 0 Å². The van der Waals surface area contributed by atoms with E-state index in [2.05, 4.69) is 20.6 Å². The molecule has 28 heavy (non-hydrogen) atoms. The SMILES string of the molecule is CCn1nccc1NCc1noc(C(CCCC2CCCCC2)CC(=O)O)n1. The van der Waals surface area contributed by atoms with Crippen LogP contribution < -0.4 is 5.32 Å². The first-order chi connectivity index (χ1) is 13.7. The van der Waals surface area contributed by atoms with Crippen LogP contribution in [0.4, 0.5) is 5.82 Å². The topological polar surface area (TPSA) is 106 Å². The molecule has 8 nitrogen and oxygen atoms in total. The molecule has 2 heterocycles. The molecule has 154 valence electrons. The number of nitrogens with zero attached hydrogens (tertiary/aromatic N) is 4. The van der Waals surface area contributed by atoms with Crippen molar-refractivity contribution in [2.75, 3.05) is 5.32 Å².